The number of fused-ring (bicyclic) bond motifs is 1. The lowest BCUT2D eigenvalue weighted by atomic mass is 10.3. The Morgan fingerprint density at radius 1 is 1.15 bits per heavy atom. The van der Waals surface area contributed by atoms with Crippen molar-refractivity contribution < 1.29 is 4.74 Å². The zero-order valence-electron chi connectivity index (χ0n) is 15.0. The van der Waals surface area contributed by atoms with Crippen LogP contribution in [-0.4, -0.2) is 26.0 Å². The fraction of sp³-hybridized carbons (Fsp3) is 0.150. The quantitative estimate of drug-likeness (QED) is 0.498. The zero-order chi connectivity index (χ0) is 18.8. The highest BCUT2D eigenvalue weighted by molar-refractivity contribution is 7.98. The number of hydrogen-bond donors (Lipinski definition) is 0. The number of thioether (sulfide) groups is 1. The molecule has 3 aromatic heterocycles. The Bertz CT molecular complexity index is 1150. The van der Waals surface area contributed by atoms with Crippen molar-refractivity contribution in [3.05, 3.63) is 82.7 Å². The lowest BCUT2D eigenvalue weighted by Crippen LogP contribution is -2.15. The van der Waals surface area contributed by atoms with E-state index < -0.39 is 0 Å². The average Bonchev–Trinajstić information content (AvgIpc) is 3.16. The molecule has 136 valence electrons. The first-order chi connectivity index (χ1) is 13.2. The van der Waals surface area contributed by atoms with Crippen molar-refractivity contribution in [3.63, 3.8) is 0 Å². The number of rotatable bonds is 5. The number of aromatic nitrogens is 4. The van der Waals surface area contributed by atoms with Crippen LogP contribution in [0.2, 0.25) is 0 Å². The SMILES string of the molecule is COc1ccc(-n2ccnc2SCc2cc(=O)n3cccc(C)c3n2)cc1. The molecule has 0 atom stereocenters. The van der Waals surface area contributed by atoms with Gasteiger partial charge in [0.25, 0.3) is 5.56 Å². The van der Waals surface area contributed by atoms with Crippen LogP contribution < -0.4 is 10.3 Å². The molecule has 0 fully saturated rings. The molecule has 0 spiro atoms. The van der Waals surface area contributed by atoms with E-state index in [4.69, 9.17) is 4.74 Å². The molecule has 4 rings (SSSR count). The molecule has 7 heteroatoms. The van der Waals surface area contributed by atoms with Crippen molar-refractivity contribution in [2.24, 2.45) is 0 Å². The van der Waals surface area contributed by atoms with Crippen molar-refractivity contribution in [2.45, 2.75) is 17.8 Å². The molecule has 0 aliphatic rings. The van der Waals surface area contributed by atoms with E-state index >= 15 is 0 Å². The molecule has 6 nitrogen and oxygen atoms in total. The van der Waals surface area contributed by atoms with Crippen LogP contribution >= 0.6 is 11.8 Å². The van der Waals surface area contributed by atoms with Crippen LogP contribution in [0.1, 0.15) is 11.3 Å². The van der Waals surface area contributed by atoms with Gasteiger partial charge in [-0.3, -0.25) is 13.8 Å². The highest BCUT2D eigenvalue weighted by atomic mass is 32.2. The molecule has 27 heavy (non-hydrogen) atoms. The van der Waals surface area contributed by atoms with E-state index in [-0.39, 0.29) is 5.56 Å². The number of imidazole rings is 1. The Morgan fingerprint density at radius 3 is 2.74 bits per heavy atom. The lowest BCUT2D eigenvalue weighted by Gasteiger charge is -2.09. The Hall–Kier alpha value is -3.06. The zero-order valence-corrected chi connectivity index (χ0v) is 15.8. The monoisotopic (exact) mass is 378 g/mol. The van der Waals surface area contributed by atoms with Gasteiger partial charge in [-0.1, -0.05) is 17.8 Å². The fourth-order valence-electron chi connectivity index (χ4n) is 2.86. The first-order valence-electron chi connectivity index (χ1n) is 8.44. The van der Waals surface area contributed by atoms with Gasteiger partial charge in [-0.05, 0) is 42.8 Å². The summed E-state index contributed by atoms with van der Waals surface area (Å²) in [5.41, 5.74) is 3.33. The average molecular weight is 378 g/mol. The highest BCUT2D eigenvalue weighted by Gasteiger charge is 2.09. The van der Waals surface area contributed by atoms with Crippen molar-refractivity contribution >= 4 is 17.4 Å². The van der Waals surface area contributed by atoms with Crippen molar-refractivity contribution in [2.75, 3.05) is 7.11 Å². The van der Waals surface area contributed by atoms with Gasteiger partial charge in [-0.2, -0.15) is 0 Å². The predicted octanol–water partition coefficient (Wildman–Crippen LogP) is 3.49. The van der Waals surface area contributed by atoms with Gasteiger partial charge in [0.15, 0.2) is 5.16 Å². The molecular weight excluding hydrogens is 360 g/mol. The topological polar surface area (TPSA) is 61.4 Å². The molecule has 0 radical (unpaired) electrons. The second-order valence-electron chi connectivity index (χ2n) is 6.04. The summed E-state index contributed by atoms with van der Waals surface area (Å²) in [4.78, 5) is 21.4. The van der Waals surface area contributed by atoms with Gasteiger partial charge in [0.1, 0.15) is 11.4 Å². The third-order valence-electron chi connectivity index (χ3n) is 4.25. The molecule has 0 N–H and O–H groups in total. The molecule has 3 heterocycles. The van der Waals surface area contributed by atoms with Gasteiger partial charge >= 0.3 is 0 Å². The fourth-order valence-corrected chi connectivity index (χ4v) is 3.72. The van der Waals surface area contributed by atoms with E-state index in [0.29, 0.717) is 11.4 Å². The van der Waals surface area contributed by atoms with E-state index in [1.807, 2.05) is 54.1 Å². The molecule has 0 bridgehead atoms. The Morgan fingerprint density at radius 2 is 1.96 bits per heavy atom. The molecule has 0 amide bonds. The second-order valence-corrected chi connectivity index (χ2v) is 6.98. The molecule has 0 saturated carbocycles. The molecule has 0 aliphatic carbocycles. The minimum atomic E-state index is -0.0715. The second kappa shape index (κ2) is 7.28. The van der Waals surface area contributed by atoms with Crippen LogP contribution in [0, 0.1) is 6.92 Å². The summed E-state index contributed by atoms with van der Waals surface area (Å²) >= 11 is 1.54. The number of ether oxygens (including phenoxy) is 1. The van der Waals surface area contributed by atoms with E-state index in [1.165, 1.54) is 0 Å². The van der Waals surface area contributed by atoms with Gasteiger partial charge in [-0.25, -0.2) is 9.97 Å². The third-order valence-corrected chi connectivity index (χ3v) is 5.25. The number of methoxy groups -OCH3 is 1. The maximum atomic E-state index is 12.3. The molecular formula is C20H18N4O2S. The Labute approximate surface area is 160 Å². The van der Waals surface area contributed by atoms with E-state index in [9.17, 15) is 4.79 Å². The highest BCUT2D eigenvalue weighted by Crippen LogP contribution is 2.24. The van der Waals surface area contributed by atoms with E-state index in [0.717, 1.165) is 27.9 Å². The molecule has 0 aliphatic heterocycles. The summed E-state index contributed by atoms with van der Waals surface area (Å²) in [5.74, 6) is 1.37. The summed E-state index contributed by atoms with van der Waals surface area (Å²) in [7, 11) is 1.65. The number of aryl methyl sites for hydroxylation is 1. The standard InChI is InChI=1S/C20H18N4O2S/c1-14-4-3-10-24-18(25)12-15(22-19(14)24)13-27-20-21-9-11-23(20)16-5-7-17(26-2)8-6-16/h3-12H,13H2,1-2H3. The van der Waals surface area contributed by atoms with Gasteiger partial charge in [-0.15, -0.1) is 0 Å². The van der Waals surface area contributed by atoms with Gasteiger partial charge in [0.2, 0.25) is 0 Å². The number of pyridine rings is 1. The molecule has 1 aromatic carbocycles. The maximum absolute atomic E-state index is 12.3. The van der Waals surface area contributed by atoms with E-state index in [2.05, 4.69) is 9.97 Å². The minimum absolute atomic E-state index is 0.0715. The first-order valence-corrected chi connectivity index (χ1v) is 9.43. The van der Waals surface area contributed by atoms with Gasteiger partial charge in [0, 0.05) is 36.1 Å². The Kier molecular flexibility index (Phi) is 4.68. The third kappa shape index (κ3) is 3.46. The molecule has 0 saturated heterocycles. The molecule has 0 unspecified atom stereocenters. The summed E-state index contributed by atoms with van der Waals surface area (Å²) in [6.07, 6.45) is 5.42. The number of hydrogen-bond acceptors (Lipinski definition) is 5. The van der Waals surface area contributed by atoms with Crippen molar-refractivity contribution in [3.8, 4) is 11.4 Å². The lowest BCUT2D eigenvalue weighted by molar-refractivity contribution is 0.414. The van der Waals surface area contributed by atoms with Gasteiger partial charge < -0.3 is 4.74 Å². The first kappa shape index (κ1) is 17.4. The summed E-state index contributed by atoms with van der Waals surface area (Å²) in [6.45, 7) is 1.95. The van der Waals surface area contributed by atoms with Crippen LogP contribution in [0.3, 0.4) is 0 Å². The number of benzene rings is 1. The van der Waals surface area contributed by atoms with Crippen LogP contribution in [0.25, 0.3) is 11.3 Å². The molecule has 4 aromatic rings. The van der Waals surface area contributed by atoms with Crippen LogP contribution in [0.5, 0.6) is 5.75 Å². The summed E-state index contributed by atoms with van der Waals surface area (Å²) in [5, 5.41) is 0.840. The van der Waals surface area contributed by atoms with E-state index in [1.54, 1.807) is 41.7 Å². The van der Waals surface area contributed by atoms with Crippen LogP contribution in [0.15, 0.2) is 71.0 Å². The summed E-state index contributed by atoms with van der Waals surface area (Å²) in [6, 6.07) is 13.2. The van der Waals surface area contributed by atoms with Crippen molar-refractivity contribution in [1.29, 1.82) is 0 Å². The minimum Gasteiger partial charge on any atom is -0.497 e. The van der Waals surface area contributed by atoms with Crippen LogP contribution in [0.4, 0.5) is 0 Å². The maximum Gasteiger partial charge on any atom is 0.258 e. The van der Waals surface area contributed by atoms with Crippen molar-refractivity contribution in [1.82, 2.24) is 18.9 Å². The van der Waals surface area contributed by atoms with Crippen LogP contribution in [-0.2, 0) is 5.75 Å². The predicted molar refractivity (Wildman–Crippen MR) is 106 cm³/mol. The number of nitrogens with zero attached hydrogens (tertiary/aromatic N) is 4. The van der Waals surface area contributed by atoms with Gasteiger partial charge in [0.05, 0.1) is 12.8 Å². The largest absolute Gasteiger partial charge is 0.497 e. The Balaban J connectivity index is 1.60. The smallest absolute Gasteiger partial charge is 0.258 e. The normalized spacial score (nSPS) is 11.0. The summed E-state index contributed by atoms with van der Waals surface area (Å²) < 4.78 is 8.78.